The Hall–Kier alpha value is -4.90. The van der Waals surface area contributed by atoms with Crippen molar-refractivity contribution in [1.29, 1.82) is 5.26 Å². The lowest BCUT2D eigenvalue weighted by Crippen LogP contribution is -2.33. The van der Waals surface area contributed by atoms with E-state index in [0.717, 1.165) is 4.90 Å². The number of nitrogens with zero attached hydrogens (tertiary/aromatic N) is 4. The number of carbonyl (C=O) groups excluding carboxylic acids is 2. The molecule has 4 aromatic rings. The van der Waals surface area contributed by atoms with Gasteiger partial charge in [-0.1, -0.05) is 30.3 Å². The third-order valence-electron chi connectivity index (χ3n) is 5.61. The van der Waals surface area contributed by atoms with Gasteiger partial charge in [-0.05, 0) is 48.0 Å². The van der Waals surface area contributed by atoms with Crippen molar-refractivity contribution >= 4 is 11.8 Å². The fourth-order valence-electron chi connectivity index (χ4n) is 3.91. The topological polar surface area (TPSA) is 96.2 Å². The summed E-state index contributed by atoms with van der Waals surface area (Å²) in [6.45, 7) is -0.0831. The minimum Gasteiger partial charge on any atom is -0.475 e. The maximum absolute atomic E-state index is 13.5. The number of hydrogen-bond acceptors (Lipinski definition) is 6. The molecule has 0 radical (unpaired) electrons. The second-order valence-corrected chi connectivity index (χ2v) is 7.72. The Labute approximate surface area is 200 Å². The summed E-state index contributed by atoms with van der Waals surface area (Å²) < 4.78 is 19.4. The number of halogens is 1. The van der Waals surface area contributed by atoms with Crippen molar-refractivity contribution in [3.8, 4) is 34.5 Å². The van der Waals surface area contributed by atoms with Gasteiger partial charge in [0.05, 0.1) is 29.1 Å². The molecule has 7 nitrogen and oxygen atoms in total. The summed E-state index contributed by atoms with van der Waals surface area (Å²) in [5.74, 6) is -1.15. The number of hydrogen-bond donors (Lipinski definition) is 0. The van der Waals surface area contributed by atoms with Crippen LogP contribution in [-0.4, -0.2) is 39.8 Å². The molecule has 170 valence electrons. The zero-order valence-corrected chi connectivity index (χ0v) is 18.3. The van der Waals surface area contributed by atoms with E-state index in [1.165, 1.54) is 12.1 Å². The Kier molecular flexibility index (Phi) is 5.73. The first kappa shape index (κ1) is 21.9. The molecule has 1 aliphatic rings. The van der Waals surface area contributed by atoms with Crippen LogP contribution in [0.25, 0.3) is 22.5 Å². The fourth-order valence-corrected chi connectivity index (χ4v) is 3.91. The molecular weight excluding hydrogens is 447 g/mol. The molecule has 1 aliphatic heterocycles. The number of nitriles is 1. The lowest BCUT2D eigenvalue weighted by atomic mass is 10.00. The number of ether oxygens (including phenoxy) is 1. The van der Waals surface area contributed by atoms with Crippen molar-refractivity contribution in [1.82, 2.24) is 14.9 Å². The molecule has 2 aromatic carbocycles. The highest BCUT2D eigenvalue weighted by Gasteiger charge is 2.34. The molecule has 3 heterocycles. The van der Waals surface area contributed by atoms with E-state index in [1.54, 1.807) is 60.8 Å². The lowest BCUT2D eigenvalue weighted by Gasteiger charge is -2.16. The van der Waals surface area contributed by atoms with Crippen LogP contribution in [0.2, 0.25) is 0 Å². The van der Waals surface area contributed by atoms with Gasteiger partial charge in [-0.15, -0.1) is 0 Å². The van der Waals surface area contributed by atoms with Crippen LogP contribution < -0.4 is 4.74 Å². The SMILES string of the molecule is N#Cc1c(-c2ccc(F)cc2)cc(-c2ccccn2)nc1OCCN1C(=O)c2ccccc2C1=O. The molecule has 0 bridgehead atoms. The van der Waals surface area contributed by atoms with Crippen LogP contribution in [0.1, 0.15) is 26.3 Å². The summed E-state index contributed by atoms with van der Waals surface area (Å²) >= 11 is 0. The minimum atomic E-state index is -0.399. The van der Waals surface area contributed by atoms with Gasteiger partial charge in [-0.25, -0.2) is 9.37 Å². The van der Waals surface area contributed by atoms with Crippen molar-refractivity contribution in [2.24, 2.45) is 0 Å². The fraction of sp³-hybridized carbons (Fsp3) is 0.0741. The molecule has 8 heteroatoms. The van der Waals surface area contributed by atoms with Gasteiger partial charge in [0.2, 0.25) is 5.88 Å². The summed E-state index contributed by atoms with van der Waals surface area (Å²) in [5, 5.41) is 9.91. The second kappa shape index (κ2) is 9.15. The van der Waals surface area contributed by atoms with Gasteiger partial charge in [0.25, 0.3) is 11.8 Å². The predicted octanol–water partition coefficient (Wildman–Crippen LogP) is 4.50. The molecule has 0 N–H and O–H groups in total. The Morgan fingerprint density at radius 2 is 1.57 bits per heavy atom. The van der Waals surface area contributed by atoms with E-state index >= 15 is 0 Å². The molecule has 5 rings (SSSR count). The van der Waals surface area contributed by atoms with Crippen LogP contribution in [0.5, 0.6) is 5.88 Å². The van der Waals surface area contributed by atoms with E-state index in [2.05, 4.69) is 16.0 Å². The first-order valence-electron chi connectivity index (χ1n) is 10.8. The van der Waals surface area contributed by atoms with Gasteiger partial charge < -0.3 is 4.74 Å². The van der Waals surface area contributed by atoms with Gasteiger partial charge in [0.1, 0.15) is 24.1 Å². The van der Waals surface area contributed by atoms with E-state index in [-0.39, 0.29) is 24.6 Å². The van der Waals surface area contributed by atoms with Crippen LogP contribution in [0.4, 0.5) is 4.39 Å². The summed E-state index contributed by atoms with van der Waals surface area (Å²) in [5.41, 5.74) is 2.98. The highest BCUT2D eigenvalue weighted by molar-refractivity contribution is 6.21. The van der Waals surface area contributed by atoms with Crippen LogP contribution in [0, 0.1) is 17.1 Å². The number of carbonyl (C=O) groups is 2. The highest BCUT2D eigenvalue weighted by atomic mass is 19.1. The van der Waals surface area contributed by atoms with E-state index < -0.39 is 17.6 Å². The Bertz CT molecular complexity index is 1450. The number of amides is 2. The molecule has 2 amide bonds. The van der Waals surface area contributed by atoms with E-state index in [4.69, 9.17) is 4.74 Å². The molecular formula is C27H17FN4O3. The monoisotopic (exact) mass is 464 g/mol. The van der Waals surface area contributed by atoms with Crippen molar-refractivity contribution in [2.75, 3.05) is 13.2 Å². The molecule has 0 saturated carbocycles. The van der Waals surface area contributed by atoms with Gasteiger partial charge in [0.15, 0.2) is 0 Å². The van der Waals surface area contributed by atoms with Crippen molar-refractivity contribution < 1.29 is 18.7 Å². The smallest absolute Gasteiger partial charge is 0.261 e. The maximum atomic E-state index is 13.5. The summed E-state index contributed by atoms with van der Waals surface area (Å²) in [4.78, 5) is 35.2. The zero-order valence-electron chi connectivity index (χ0n) is 18.3. The van der Waals surface area contributed by atoms with E-state index in [1.807, 2.05) is 6.07 Å². The number of aromatic nitrogens is 2. The standard InChI is InChI=1S/C27H17FN4O3/c28-18-10-8-17(9-11-18)21-15-24(23-7-3-4-12-30-23)31-25(22(21)16-29)35-14-13-32-26(33)19-5-1-2-6-20(19)27(32)34/h1-12,15H,13-14H2. The average molecular weight is 464 g/mol. The molecule has 0 aliphatic carbocycles. The number of benzene rings is 2. The Balaban J connectivity index is 1.47. The molecule has 35 heavy (non-hydrogen) atoms. The predicted molar refractivity (Wildman–Crippen MR) is 125 cm³/mol. The van der Waals surface area contributed by atoms with E-state index in [9.17, 15) is 19.2 Å². The van der Waals surface area contributed by atoms with Crippen LogP contribution in [-0.2, 0) is 0 Å². The summed E-state index contributed by atoms with van der Waals surface area (Å²) in [6, 6.07) is 21.5. The highest BCUT2D eigenvalue weighted by Crippen LogP contribution is 2.33. The molecule has 0 spiro atoms. The first-order valence-corrected chi connectivity index (χ1v) is 10.8. The van der Waals surface area contributed by atoms with Crippen LogP contribution in [0.3, 0.4) is 0 Å². The zero-order chi connectivity index (χ0) is 24.4. The lowest BCUT2D eigenvalue weighted by molar-refractivity contribution is 0.0630. The van der Waals surface area contributed by atoms with E-state index in [0.29, 0.717) is 33.6 Å². The third kappa shape index (κ3) is 4.11. The minimum absolute atomic E-state index is 0.0153. The first-order chi connectivity index (χ1) is 17.1. The Morgan fingerprint density at radius 3 is 2.20 bits per heavy atom. The molecule has 0 saturated heterocycles. The van der Waals surface area contributed by atoms with Gasteiger partial charge >= 0.3 is 0 Å². The molecule has 2 aromatic heterocycles. The van der Waals surface area contributed by atoms with Crippen LogP contribution >= 0.6 is 0 Å². The van der Waals surface area contributed by atoms with Gasteiger partial charge in [0, 0.05) is 11.8 Å². The number of imide groups is 1. The number of rotatable bonds is 6. The normalized spacial score (nSPS) is 12.4. The average Bonchev–Trinajstić information content (AvgIpc) is 3.14. The van der Waals surface area contributed by atoms with Crippen LogP contribution in [0.15, 0.2) is 79.0 Å². The molecule has 0 fully saturated rings. The molecule has 0 unspecified atom stereocenters. The summed E-state index contributed by atoms with van der Waals surface area (Å²) in [6.07, 6.45) is 1.62. The second-order valence-electron chi connectivity index (χ2n) is 7.72. The van der Waals surface area contributed by atoms with Gasteiger partial charge in [-0.2, -0.15) is 5.26 Å². The van der Waals surface area contributed by atoms with Gasteiger partial charge in [-0.3, -0.25) is 19.5 Å². The third-order valence-corrected chi connectivity index (χ3v) is 5.61. The number of fused-ring (bicyclic) bond motifs is 1. The number of pyridine rings is 2. The molecule has 0 atom stereocenters. The van der Waals surface area contributed by atoms with Crippen molar-refractivity contribution in [3.63, 3.8) is 0 Å². The quantitative estimate of drug-likeness (QED) is 0.390. The summed E-state index contributed by atoms with van der Waals surface area (Å²) in [7, 11) is 0. The largest absolute Gasteiger partial charge is 0.475 e. The van der Waals surface area contributed by atoms with Crippen molar-refractivity contribution in [3.05, 3.63) is 102 Å². The Morgan fingerprint density at radius 1 is 0.886 bits per heavy atom. The van der Waals surface area contributed by atoms with Crippen molar-refractivity contribution in [2.45, 2.75) is 0 Å². The maximum Gasteiger partial charge on any atom is 0.261 e.